The monoisotopic (exact) mass is 187 g/mol. The van der Waals surface area contributed by atoms with Crippen molar-refractivity contribution in [2.45, 2.75) is 0 Å². The Morgan fingerprint density at radius 2 is 2.00 bits per heavy atom. The molecule has 0 atom stereocenters. The molecule has 0 bridgehead atoms. The van der Waals surface area contributed by atoms with E-state index in [0.29, 0.717) is 5.75 Å². The number of aromatic nitrogens is 3. The third-order valence-electron chi connectivity index (χ3n) is 1.81. The molecule has 2 rings (SSSR count). The molecule has 4 heteroatoms. The van der Waals surface area contributed by atoms with Gasteiger partial charge in [-0.2, -0.15) is 0 Å². The van der Waals surface area contributed by atoms with Crippen molar-refractivity contribution >= 4 is 0 Å². The molecular weight excluding hydrogens is 178 g/mol. The van der Waals surface area contributed by atoms with Crippen molar-refractivity contribution in [2.24, 2.45) is 0 Å². The van der Waals surface area contributed by atoms with Crippen LogP contribution in [0.2, 0.25) is 0 Å². The van der Waals surface area contributed by atoms with E-state index in [9.17, 15) is 0 Å². The van der Waals surface area contributed by atoms with E-state index in [0.717, 1.165) is 11.3 Å². The summed E-state index contributed by atoms with van der Waals surface area (Å²) in [6.45, 7) is 0. The van der Waals surface area contributed by atoms with Crippen LogP contribution in [-0.2, 0) is 0 Å². The summed E-state index contributed by atoms with van der Waals surface area (Å²) in [5.41, 5.74) is 1.69. The molecule has 0 aliphatic rings. The zero-order valence-corrected chi connectivity index (χ0v) is 7.71. The van der Waals surface area contributed by atoms with Crippen molar-refractivity contribution < 1.29 is 4.74 Å². The van der Waals surface area contributed by atoms with E-state index in [2.05, 4.69) is 15.0 Å². The van der Waals surface area contributed by atoms with Crippen LogP contribution >= 0.6 is 0 Å². The summed E-state index contributed by atoms with van der Waals surface area (Å²) in [6.07, 6.45) is 8.36. The molecule has 0 aliphatic heterocycles. The highest BCUT2D eigenvalue weighted by Gasteiger charge is 2.00. The summed E-state index contributed by atoms with van der Waals surface area (Å²) in [7, 11) is 1.61. The number of rotatable bonds is 2. The van der Waals surface area contributed by atoms with Gasteiger partial charge in [0.05, 0.1) is 25.2 Å². The SMILES string of the molecule is COc1cncc(-c2cnccn2)c1. The van der Waals surface area contributed by atoms with Gasteiger partial charge in [0.25, 0.3) is 0 Å². The highest BCUT2D eigenvalue weighted by molar-refractivity contribution is 5.58. The molecule has 0 fully saturated rings. The molecule has 0 saturated carbocycles. The Morgan fingerprint density at radius 3 is 2.71 bits per heavy atom. The summed E-state index contributed by atoms with van der Waals surface area (Å²) in [6, 6.07) is 1.87. The van der Waals surface area contributed by atoms with Gasteiger partial charge in [-0.3, -0.25) is 15.0 Å². The first-order chi connectivity index (χ1) is 6.90. The lowest BCUT2D eigenvalue weighted by Gasteiger charge is -2.01. The zero-order valence-electron chi connectivity index (χ0n) is 7.71. The van der Waals surface area contributed by atoms with Crippen molar-refractivity contribution in [2.75, 3.05) is 7.11 Å². The van der Waals surface area contributed by atoms with Gasteiger partial charge in [-0.1, -0.05) is 0 Å². The van der Waals surface area contributed by atoms with Crippen molar-refractivity contribution in [3.05, 3.63) is 37.1 Å². The molecule has 2 aromatic rings. The van der Waals surface area contributed by atoms with E-state index in [1.807, 2.05) is 6.07 Å². The van der Waals surface area contributed by atoms with Crippen LogP contribution in [-0.4, -0.2) is 22.1 Å². The summed E-state index contributed by atoms with van der Waals surface area (Å²) < 4.78 is 5.07. The fraction of sp³-hybridized carbons (Fsp3) is 0.100. The molecule has 0 spiro atoms. The molecule has 0 N–H and O–H groups in total. The molecule has 70 valence electrons. The summed E-state index contributed by atoms with van der Waals surface area (Å²) >= 11 is 0. The average Bonchev–Trinajstić information content (AvgIpc) is 2.30. The lowest BCUT2D eigenvalue weighted by Crippen LogP contribution is -1.88. The van der Waals surface area contributed by atoms with Gasteiger partial charge in [-0.25, -0.2) is 0 Å². The standard InChI is InChI=1S/C10H9N3O/c1-14-9-4-8(5-12-6-9)10-7-11-2-3-13-10/h2-7H,1H3. The molecule has 0 radical (unpaired) electrons. The molecule has 0 amide bonds. The highest BCUT2D eigenvalue weighted by Crippen LogP contribution is 2.18. The number of hydrogen-bond donors (Lipinski definition) is 0. The minimum Gasteiger partial charge on any atom is -0.495 e. The molecule has 4 nitrogen and oxygen atoms in total. The van der Waals surface area contributed by atoms with Crippen molar-refractivity contribution in [1.82, 2.24) is 15.0 Å². The van der Waals surface area contributed by atoms with Crippen LogP contribution in [0.5, 0.6) is 5.75 Å². The Balaban J connectivity index is 2.42. The zero-order chi connectivity index (χ0) is 9.80. The van der Waals surface area contributed by atoms with Crippen molar-refractivity contribution in [3.63, 3.8) is 0 Å². The molecule has 2 aromatic heterocycles. The minimum atomic E-state index is 0.716. The molecule has 0 unspecified atom stereocenters. The van der Waals surface area contributed by atoms with Gasteiger partial charge in [0, 0.05) is 24.2 Å². The Labute approximate surface area is 81.6 Å². The van der Waals surface area contributed by atoms with Crippen LogP contribution < -0.4 is 4.74 Å². The number of hydrogen-bond acceptors (Lipinski definition) is 4. The second-order valence-electron chi connectivity index (χ2n) is 2.70. The van der Waals surface area contributed by atoms with Gasteiger partial charge < -0.3 is 4.74 Å². The Hall–Kier alpha value is -1.97. The van der Waals surface area contributed by atoms with E-state index < -0.39 is 0 Å². The summed E-state index contributed by atoms with van der Waals surface area (Å²) in [4.78, 5) is 12.2. The highest BCUT2D eigenvalue weighted by atomic mass is 16.5. The molecule has 0 aromatic carbocycles. The number of ether oxygens (including phenoxy) is 1. The maximum atomic E-state index is 5.07. The van der Waals surface area contributed by atoms with E-state index in [1.165, 1.54) is 0 Å². The third kappa shape index (κ3) is 1.69. The Kier molecular flexibility index (Phi) is 2.36. The lowest BCUT2D eigenvalue weighted by atomic mass is 10.2. The van der Waals surface area contributed by atoms with Crippen LogP contribution in [0.15, 0.2) is 37.1 Å². The largest absolute Gasteiger partial charge is 0.495 e. The predicted molar refractivity (Wildman–Crippen MR) is 51.8 cm³/mol. The molecule has 0 aliphatic carbocycles. The van der Waals surface area contributed by atoms with Gasteiger partial charge in [-0.05, 0) is 6.07 Å². The third-order valence-corrected chi connectivity index (χ3v) is 1.81. The van der Waals surface area contributed by atoms with Gasteiger partial charge in [0.2, 0.25) is 0 Å². The van der Waals surface area contributed by atoms with E-state index in [1.54, 1.807) is 38.1 Å². The maximum absolute atomic E-state index is 5.07. The number of nitrogens with zero attached hydrogens (tertiary/aromatic N) is 3. The smallest absolute Gasteiger partial charge is 0.137 e. The second kappa shape index (κ2) is 3.83. The van der Waals surface area contributed by atoms with E-state index >= 15 is 0 Å². The van der Waals surface area contributed by atoms with Crippen LogP contribution in [0.3, 0.4) is 0 Å². The summed E-state index contributed by atoms with van der Waals surface area (Å²) in [5, 5.41) is 0. The topological polar surface area (TPSA) is 47.9 Å². The predicted octanol–water partition coefficient (Wildman–Crippen LogP) is 1.55. The Morgan fingerprint density at radius 1 is 1.07 bits per heavy atom. The van der Waals surface area contributed by atoms with Crippen LogP contribution in [0, 0.1) is 0 Å². The first-order valence-corrected chi connectivity index (χ1v) is 4.15. The number of methoxy groups -OCH3 is 1. The van der Waals surface area contributed by atoms with Crippen LogP contribution in [0.4, 0.5) is 0 Å². The molecule has 0 saturated heterocycles. The van der Waals surface area contributed by atoms with Crippen molar-refractivity contribution in [3.8, 4) is 17.0 Å². The maximum Gasteiger partial charge on any atom is 0.137 e. The fourth-order valence-electron chi connectivity index (χ4n) is 1.12. The van der Waals surface area contributed by atoms with Gasteiger partial charge >= 0.3 is 0 Å². The van der Waals surface area contributed by atoms with Gasteiger partial charge in [-0.15, -0.1) is 0 Å². The van der Waals surface area contributed by atoms with Gasteiger partial charge in [0.1, 0.15) is 5.75 Å². The molecule has 14 heavy (non-hydrogen) atoms. The molecular formula is C10H9N3O. The molecule has 2 heterocycles. The number of pyridine rings is 1. The second-order valence-corrected chi connectivity index (χ2v) is 2.70. The minimum absolute atomic E-state index is 0.716. The lowest BCUT2D eigenvalue weighted by molar-refractivity contribution is 0.413. The Bertz CT molecular complexity index is 417. The summed E-state index contributed by atoms with van der Waals surface area (Å²) in [5.74, 6) is 0.716. The quantitative estimate of drug-likeness (QED) is 0.715. The first kappa shape index (κ1) is 8.62. The van der Waals surface area contributed by atoms with Crippen molar-refractivity contribution in [1.29, 1.82) is 0 Å². The fourth-order valence-corrected chi connectivity index (χ4v) is 1.12. The van der Waals surface area contributed by atoms with Crippen LogP contribution in [0.25, 0.3) is 11.3 Å². The van der Waals surface area contributed by atoms with E-state index in [-0.39, 0.29) is 0 Å². The van der Waals surface area contributed by atoms with Crippen LogP contribution in [0.1, 0.15) is 0 Å². The first-order valence-electron chi connectivity index (χ1n) is 4.15. The van der Waals surface area contributed by atoms with Gasteiger partial charge in [0.15, 0.2) is 0 Å². The normalized spacial score (nSPS) is 9.79. The van der Waals surface area contributed by atoms with E-state index in [4.69, 9.17) is 4.74 Å². The average molecular weight is 187 g/mol.